The summed E-state index contributed by atoms with van der Waals surface area (Å²) in [7, 11) is 0. The van der Waals surface area contributed by atoms with Crippen molar-refractivity contribution in [3.05, 3.63) is 64.7 Å². The molecule has 1 aliphatic rings. The van der Waals surface area contributed by atoms with Crippen LogP contribution in [-0.4, -0.2) is 5.91 Å². The van der Waals surface area contributed by atoms with E-state index < -0.39 is 0 Å². The standard InChI is InChI=1S/C17H18N2O/c18-11-12-3-1-6-16(9-12)19-17(20)15-8-7-13-4-2-5-14(13)10-15/h1,3,6-10H,2,4-5,11,18H2,(H,19,20). The second-order valence-electron chi connectivity index (χ2n) is 5.20. The van der Waals surface area contributed by atoms with Gasteiger partial charge < -0.3 is 11.1 Å². The number of rotatable bonds is 3. The minimum absolute atomic E-state index is 0.0612. The van der Waals surface area contributed by atoms with Crippen molar-refractivity contribution < 1.29 is 4.79 Å². The molecule has 20 heavy (non-hydrogen) atoms. The molecule has 0 aromatic heterocycles. The van der Waals surface area contributed by atoms with Gasteiger partial charge in [0.25, 0.3) is 5.91 Å². The van der Waals surface area contributed by atoms with Gasteiger partial charge in [-0.25, -0.2) is 0 Å². The lowest BCUT2D eigenvalue weighted by Crippen LogP contribution is -2.12. The molecule has 0 aliphatic heterocycles. The Kier molecular flexibility index (Phi) is 3.52. The summed E-state index contributed by atoms with van der Waals surface area (Å²) in [5.74, 6) is -0.0612. The van der Waals surface area contributed by atoms with Crippen molar-refractivity contribution in [1.29, 1.82) is 0 Å². The first-order chi connectivity index (χ1) is 9.76. The highest BCUT2D eigenvalue weighted by atomic mass is 16.1. The van der Waals surface area contributed by atoms with Gasteiger partial charge in [0, 0.05) is 17.8 Å². The number of nitrogens with one attached hydrogen (secondary N) is 1. The van der Waals surface area contributed by atoms with E-state index in [1.165, 1.54) is 17.5 Å². The molecule has 0 saturated carbocycles. The maximum absolute atomic E-state index is 12.3. The molecule has 1 aliphatic carbocycles. The molecule has 0 fully saturated rings. The molecule has 0 unspecified atom stereocenters. The van der Waals surface area contributed by atoms with Gasteiger partial charge in [-0.1, -0.05) is 18.2 Å². The highest BCUT2D eigenvalue weighted by molar-refractivity contribution is 6.04. The van der Waals surface area contributed by atoms with Crippen LogP contribution < -0.4 is 11.1 Å². The van der Waals surface area contributed by atoms with Gasteiger partial charge in [-0.3, -0.25) is 4.79 Å². The van der Waals surface area contributed by atoms with Gasteiger partial charge in [0.1, 0.15) is 0 Å². The molecular formula is C17H18N2O. The summed E-state index contributed by atoms with van der Waals surface area (Å²) in [5.41, 5.74) is 10.8. The molecule has 0 spiro atoms. The Bertz CT molecular complexity index is 649. The zero-order valence-electron chi connectivity index (χ0n) is 11.4. The maximum atomic E-state index is 12.3. The molecule has 1 amide bonds. The third-order valence-electron chi connectivity index (χ3n) is 3.78. The Morgan fingerprint density at radius 3 is 2.80 bits per heavy atom. The van der Waals surface area contributed by atoms with E-state index in [1.54, 1.807) is 0 Å². The van der Waals surface area contributed by atoms with E-state index >= 15 is 0 Å². The van der Waals surface area contributed by atoms with Crippen molar-refractivity contribution in [2.45, 2.75) is 25.8 Å². The fourth-order valence-electron chi connectivity index (χ4n) is 2.69. The average molecular weight is 266 g/mol. The molecule has 0 bridgehead atoms. The van der Waals surface area contributed by atoms with Gasteiger partial charge in [0.15, 0.2) is 0 Å². The number of benzene rings is 2. The monoisotopic (exact) mass is 266 g/mol. The molecule has 0 heterocycles. The predicted molar refractivity (Wildman–Crippen MR) is 80.8 cm³/mol. The largest absolute Gasteiger partial charge is 0.326 e. The van der Waals surface area contributed by atoms with Crippen LogP contribution >= 0.6 is 0 Å². The highest BCUT2D eigenvalue weighted by Gasteiger charge is 2.14. The summed E-state index contributed by atoms with van der Waals surface area (Å²) >= 11 is 0. The molecule has 0 saturated heterocycles. The second-order valence-corrected chi connectivity index (χ2v) is 5.20. The van der Waals surface area contributed by atoms with Gasteiger partial charge in [-0.05, 0) is 60.2 Å². The summed E-state index contributed by atoms with van der Waals surface area (Å²) in [6, 6.07) is 13.6. The Hall–Kier alpha value is -2.13. The van der Waals surface area contributed by atoms with Crippen LogP contribution in [0.5, 0.6) is 0 Å². The van der Waals surface area contributed by atoms with Crippen LogP contribution in [0.1, 0.15) is 33.5 Å². The third kappa shape index (κ3) is 2.58. The van der Waals surface area contributed by atoms with Gasteiger partial charge in [-0.15, -0.1) is 0 Å². The normalized spacial score (nSPS) is 13.1. The molecule has 102 valence electrons. The van der Waals surface area contributed by atoms with E-state index in [9.17, 15) is 4.79 Å². The second kappa shape index (κ2) is 5.47. The van der Waals surface area contributed by atoms with E-state index in [-0.39, 0.29) is 5.91 Å². The van der Waals surface area contributed by atoms with Crippen LogP contribution in [0.15, 0.2) is 42.5 Å². The molecule has 3 nitrogen and oxygen atoms in total. The molecule has 3 N–H and O–H groups in total. The lowest BCUT2D eigenvalue weighted by atomic mass is 10.1. The lowest BCUT2D eigenvalue weighted by Gasteiger charge is -2.08. The van der Waals surface area contributed by atoms with Crippen LogP contribution in [0.4, 0.5) is 5.69 Å². The summed E-state index contributed by atoms with van der Waals surface area (Å²) in [4.78, 5) is 12.3. The number of fused-ring (bicyclic) bond motifs is 1. The number of nitrogens with two attached hydrogens (primary N) is 1. The zero-order valence-corrected chi connectivity index (χ0v) is 11.4. The Labute approximate surface area is 118 Å². The number of aryl methyl sites for hydroxylation is 2. The molecule has 3 rings (SSSR count). The smallest absolute Gasteiger partial charge is 0.255 e. The molecule has 0 radical (unpaired) electrons. The van der Waals surface area contributed by atoms with Crippen molar-refractivity contribution in [1.82, 2.24) is 0 Å². The van der Waals surface area contributed by atoms with Crippen LogP contribution in [0.2, 0.25) is 0 Å². The van der Waals surface area contributed by atoms with Crippen LogP contribution in [0, 0.1) is 0 Å². The van der Waals surface area contributed by atoms with Crippen LogP contribution in [0.3, 0.4) is 0 Å². The van der Waals surface area contributed by atoms with Crippen molar-refractivity contribution in [2.24, 2.45) is 5.73 Å². The number of anilines is 1. The van der Waals surface area contributed by atoms with E-state index in [4.69, 9.17) is 5.73 Å². The summed E-state index contributed by atoms with van der Waals surface area (Å²) in [6.45, 7) is 0.475. The van der Waals surface area contributed by atoms with Gasteiger partial charge in [-0.2, -0.15) is 0 Å². The maximum Gasteiger partial charge on any atom is 0.255 e. The summed E-state index contributed by atoms with van der Waals surface area (Å²) in [5, 5.41) is 2.93. The number of hydrogen-bond acceptors (Lipinski definition) is 2. The number of carbonyl (C=O) groups is 1. The Morgan fingerprint density at radius 1 is 1.10 bits per heavy atom. The lowest BCUT2D eigenvalue weighted by molar-refractivity contribution is 0.102. The van der Waals surface area contributed by atoms with Crippen molar-refractivity contribution in [3.63, 3.8) is 0 Å². The molecular weight excluding hydrogens is 248 g/mol. The van der Waals surface area contributed by atoms with Gasteiger partial charge >= 0.3 is 0 Å². The quantitative estimate of drug-likeness (QED) is 0.897. The van der Waals surface area contributed by atoms with E-state index in [0.717, 1.165) is 29.7 Å². The minimum atomic E-state index is -0.0612. The topological polar surface area (TPSA) is 55.1 Å². The van der Waals surface area contributed by atoms with Gasteiger partial charge in [0.2, 0.25) is 0 Å². The highest BCUT2D eigenvalue weighted by Crippen LogP contribution is 2.23. The molecule has 2 aromatic carbocycles. The number of hydrogen-bond donors (Lipinski definition) is 2. The molecule has 2 aromatic rings. The Balaban J connectivity index is 1.79. The molecule has 3 heteroatoms. The number of carbonyl (C=O) groups excluding carboxylic acids is 1. The van der Waals surface area contributed by atoms with Crippen LogP contribution in [-0.2, 0) is 19.4 Å². The van der Waals surface area contributed by atoms with E-state index in [2.05, 4.69) is 11.4 Å². The summed E-state index contributed by atoms with van der Waals surface area (Å²) in [6.07, 6.45) is 3.41. The summed E-state index contributed by atoms with van der Waals surface area (Å²) < 4.78 is 0. The van der Waals surface area contributed by atoms with Crippen molar-refractivity contribution >= 4 is 11.6 Å². The molecule has 0 atom stereocenters. The van der Waals surface area contributed by atoms with Crippen molar-refractivity contribution in [2.75, 3.05) is 5.32 Å². The first-order valence-electron chi connectivity index (χ1n) is 6.98. The van der Waals surface area contributed by atoms with Crippen LogP contribution in [0.25, 0.3) is 0 Å². The average Bonchev–Trinajstić information content (AvgIpc) is 2.94. The fraction of sp³-hybridized carbons (Fsp3) is 0.235. The number of amides is 1. The fourth-order valence-corrected chi connectivity index (χ4v) is 2.69. The van der Waals surface area contributed by atoms with Crippen molar-refractivity contribution in [3.8, 4) is 0 Å². The third-order valence-corrected chi connectivity index (χ3v) is 3.78. The van der Waals surface area contributed by atoms with Gasteiger partial charge in [0.05, 0.1) is 0 Å². The zero-order chi connectivity index (χ0) is 13.9. The predicted octanol–water partition coefficient (Wildman–Crippen LogP) is 2.89. The minimum Gasteiger partial charge on any atom is -0.326 e. The first kappa shape index (κ1) is 12.9. The Morgan fingerprint density at radius 2 is 1.95 bits per heavy atom. The van der Waals surface area contributed by atoms with E-state index in [1.807, 2.05) is 36.4 Å². The SMILES string of the molecule is NCc1cccc(NC(=O)c2ccc3c(c2)CCC3)c1. The first-order valence-corrected chi connectivity index (χ1v) is 6.98. The van der Waals surface area contributed by atoms with E-state index in [0.29, 0.717) is 6.54 Å².